The van der Waals surface area contributed by atoms with Gasteiger partial charge in [0.15, 0.2) is 0 Å². The van der Waals surface area contributed by atoms with Crippen molar-refractivity contribution in [1.82, 2.24) is 25.9 Å². The van der Waals surface area contributed by atoms with E-state index in [1.165, 1.54) is 12.5 Å². The molecule has 13 nitrogen and oxygen atoms in total. The molecule has 0 aliphatic heterocycles. The fourth-order valence-corrected chi connectivity index (χ4v) is 3.37. The van der Waals surface area contributed by atoms with E-state index in [-0.39, 0.29) is 31.1 Å². The van der Waals surface area contributed by atoms with Crippen LogP contribution in [0.3, 0.4) is 0 Å². The maximum absolute atomic E-state index is 13.3. The van der Waals surface area contributed by atoms with E-state index in [0.717, 1.165) is 0 Å². The number of nitrogens with one attached hydrogen (secondary N) is 4. The smallest absolute Gasteiger partial charge is 0.326 e. The standard InChI is InChI=1S/C23H39N7O6/c1-5-12(3)18(25)21(33)29-16(9-14-10-26-11-27-14)20(32)30-19(13(4)6-2)22(34)28-15(23(35)36)7-8-17(24)31/h10-13,15-16,18-19H,5-9,25H2,1-4H3,(H2,24,31)(H,26,27)(H,28,34)(H,29,33)(H,30,32)(H,35,36). The molecule has 6 unspecified atom stereocenters. The summed E-state index contributed by atoms with van der Waals surface area (Å²) in [5.41, 5.74) is 11.7. The Morgan fingerprint density at radius 2 is 1.58 bits per heavy atom. The highest BCUT2D eigenvalue weighted by Crippen LogP contribution is 2.11. The van der Waals surface area contributed by atoms with E-state index in [2.05, 4.69) is 25.9 Å². The molecule has 0 aromatic carbocycles. The first-order valence-electron chi connectivity index (χ1n) is 12.1. The lowest BCUT2D eigenvalue weighted by Gasteiger charge is -2.28. The second-order valence-electron chi connectivity index (χ2n) is 9.03. The molecule has 1 aromatic heterocycles. The molecule has 0 spiro atoms. The minimum Gasteiger partial charge on any atom is -0.480 e. The van der Waals surface area contributed by atoms with Gasteiger partial charge >= 0.3 is 5.97 Å². The Bertz CT molecular complexity index is 892. The van der Waals surface area contributed by atoms with E-state index < -0.39 is 53.8 Å². The lowest BCUT2D eigenvalue weighted by Crippen LogP contribution is -2.59. The number of carboxylic acid groups (broad SMARTS) is 1. The second kappa shape index (κ2) is 14.8. The highest BCUT2D eigenvalue weighted by Gasteiger charge is 2.33. The van der Waals surface area contributed by atoms with Crippen LogP contribution in [0.15, 0.2) is 12.5 Å². The predicted octanol–water partition coefficient (Wildman–Crippen LogP) is -0.824. The van der Waals surface area contributed by atoms with Crippen LogP contribution in [0.25, 0.3) is 0 Å². The van der Waals surface area contributed by atoms with Gasteiger partial charge in [-0.3, -0.25) is 19.2 Å². The molecule has 0 saturated heterocycles. The zero-order chi connectivity index (χ0) is 27.4. The number of hydrogen-bond donors (Lipinski definition) is 7. The topological polar surface area (TPSA) is 222 Å². The van der Waals surface area contributed by atoms with Crippen LogP contribution in [0.1, 0.15) is 59.1 Å². The Balaban J connectivity index is 3.09. The third-order valence-electron chi connectivity index (χ3n) is 6.26. The van der Waals surface area contributed by atoms with Gasteiger partial charge in [0.25, 0.3) is 0 Å². The SMILES string of the molecule is CCC(C)C(N)C(=O)NC(Cc1cnc[nH]1)C(=O)NC(C(=O)NC(CCC(N)=O)C(=O)O)C(C)CC. The summed E-state index contributed by atoms with van der Waals surface area (Å²) < 4.78 is 0. The van der Waals surface area contributed by atoms with Crippen LogP contribution in [0, 0.1) is 11.8 Å². The Kier molecular flexibility index (Phi) is 12.6. The Morgan fingerprint density at radius 3 is 2.08 bits per heavy atom. The Morgan fingerprint density at radius 1 is 0.972 bits per heavy atom. The van der Waals surface area contributed by atoms with Gasteiger partial charge in [-0.2, -0.15) is 0 Å². The average Bonchev–Trinajstić information content (AvgIpc) is 3.35. The highest BCUT2D eigenvalue weighted by atomic mass is 16.4. The number of nitrogens with two attached hydrogens (primary N) is 2. The van der Waals surface area contributed by atoms with Crippen LogP contribution in [-0.4, -0.2) is 68.8 Å². The number of aromatic amines is 1. The number of amides is 4. The normalized spacial score (nSPS) is 16.0. The van der Waals surface area contributed by atoms with Crippen LogP contribution >= 0.6 is 0 Å². The molecule has 9 N–H and O–H groups in total. The van der Waals surface area contributed by atoms with Gasteiger partial charge in [0.05, 0.1) is 12.4 Å². The van der Waals surface area contributed by atoms with E-state index in [1.54, 1.807) is 6.92 Å². The molecule has 0 aliphatic rings. The van der Waals surface area contributed by atoms with Crippen LogP contribution in [0.2, 0.25) is 0 Å². The largest absolute Gasteiger partial charge is 0.480 e. The zero-order valence-electron chi connectivity index (χ0n) is 21.2. The molecule has 202 valence electrons. The molecule has 0 fully saturated rings. The highest BCUT2D eigenvalue weighted by molar-refractivity contribution is 5.94. The molecule has 13 heteroatoms. The Labute approximate surface area is 210 Å². The summed E-state index contributed by atoms with van der Waals surface area (Å²) in [7, 11) is 0. The van der Waals surface area contributed by atoms with Gasteiger partial charge in [0.2, 0.25) is 23.6 Å². The number of H-pyrrole nitrogens is 1. The number of aliphatic carboxylic acids is 1. The summed E-state index contributed by atoms with van der Waals surface area (Å²) in [5, 5.41) is 17.1. The first-order chi connectivity index (χ1) is 16.9. The first-order valence-corrected chi connectivity index (χ1v) is 12.1. The number of imidazole rings is 1. The Hall–Kier alpha value is -3.48. The third-order valence-corrected chi connectivity index (χ3v) is 6.26. The van der Waals surface area contributed by atoms with E-state index in [9.17, 15) is 29.1 Å². The van der Waals surface area contributed by atoms with Gasteiger partial charge in [-0.1, -0.05) is 40.5 Å². The molecular formula is C23H39N7O6. The summed E-state index contributed by atoms with van der Waals surface area (Å²) in [6.45, 7) is 7.27. The van der Waals surface area contributed by atoms with E-state index in [4.69, 9.17) is 11.5 Å². The zero-order valence-corrected chi connectivity index (χ0v) is 21.2. The fourth-order valence-electron chi connectivity index (χ4n) is 3.37. The second-order valence-corrected chi connectivity index (χ2v) is 9.03. The summed E-state index contributed by atoms with van der Waals surface area (Å²) in [4.78, 5) is 68.4. The van der Waals surface area contributed by atoms with Crippen LogP contribution in [-0.2, 0) is 30.4 Å². The quantitative estimate of drug-likeness (QED) is 0.149. The van der Waals surface area contributed by atoms with Crippen molar-refractivity contribution in [3.05, 3.63) is 18.2 Å². The molecule has 6 atom stereocenters. The molecule has 4 amide bonds. The number of hydrogen-bond acceptors (Lipinski definition) is 7. The summed E-state index contributed by atoms with van der Waals surface area (Å²) in [5.74, 6) is -4.39. The van der Waals surface area contributed by atoms with Crippen molar-refractivity contribution in [1.29, 1.82) is 0 Å². The van der Waals surface area contributed by atoms with Gasteiger partial charge in [0.1, 0.15) is 18.1 Å². The molecule has 1 aromatic rings. The number of primary amides is 1. The molecule has 1 heterocycles. The molecular weight excluding hydrogens is 470 g/mol. The van der Waals surface area contributed by atoms with Crippen LogP contribution < -0.4 is 27.4 Å². The van der Waals surface area contributed by atoms with Gasteiger partial charge in [-0.05, 0) is 18.3 Å². The van der Waals surface area contributed by atoms with Crippen LogP contribution in [0.4, 0.5) is 0 Å². The fraction of sp³-hybridized carbons (Fsp3) is 0.652. The first kappa shape index (κ1) is 30.6. The van der Waals surface area contributed by atoms with Gasteiger partial charge < -0.3 is 37.5 Å². The predicted molar refractivity (Wildman–Crippen MR) is 131 cm³/mol. The minimum atomic E-state index is -1.36. The third kappa shape index (κ3) is 9.64. The van der Waals surface area contributed by atoms with Gasteiger partial charge in [0, 0.05) is 24.7 Å². The van der Waals surface area contributed by atoms with Crippen molar-refractivity contribution < 1.29 is 29.1 Å². The maximum Gasteiger partial charge on any atom is 0.326 e. The molecule has 0 bridgehead atoms. The lowest BCUT2D eigenvalue weighted by atomic mass is 9.96. The van der Waals surface area contributed by atoms with Crippen molar-refractivity contribution in [3.63, 3.8) is 0 Å². The summed E-state index contributed by atoms with van der Waals surface area (Å²) >= 11 is 0. The van der Waals surface area contributed by atoms with Gasteiger partial charge in [-0.25, -0.2) is 9.78 Å². The van der Waals surface area contributed by atoms with E-state index in [0.29, 0.717) is 18.5 Å². The van der Waals surface area contributed by atoms with Crippen molar-refractivity contribution in [3.8, 4) is 0 Å². The minimum absolute atomic E-state index is 0.0655. The number of nitrogens with zero attached hydrogens (tertiary/aromatic N) is 1. The molecule has 0 radical (unpaired) electrons. The monoisotopic (exact) mass is 509 g/mol. The molecule has 36 heavy (non-hydrogen) atoms. The molecule has 0 aliphatic carbocycles. The maximum atomic E-state index is 13.3. The van der Waals surface area contributed by atoms with Gasteiger partial charge in [-0.15, -0.1) is 0 Å². The number of aromatic nitrogens is 2. The molecule has 0 saturated carbocycles. The number of carbonyl (C=O) groups is 5. The van der Waals surface area contributed by atoms with E-state index in [1.807, 2.05) is 20.8 Å². The lowest BCUT2D eigenvalue weighted by molar-refractivity contribution is -0.143. The number of carboxylic acids is 1. The van der Waals surface area contributed by atoms with Crippen molar-refractivity contribution in [2.45, 2.75) is 84.0 Å². The number of carbonyl (C=O) groups excluding carboxylic acids is 4. The van der Waals surface area contributed by atoms with Crippen LogP contribution in [0.5, 0.6) is 0 Å². The number of rotatable bonds is 16. The molecule has 1 rings (SSSR count). The van der Waals surface area contributed by atoms with Crippen molar-refractivity contribution in [2.24, 2.45) is 23.3 Å². The van der Waals surface area contributed by atoms with E-state index >= 15 is 0 Å². The summed E-state index contributed by atoms with van der Waals surface area (Å²) in [6, 6.07) is -4.36. The van der Waals surface area contributed by atoms with Crippen molar-refractivity contribution >= 4 is 29.6 Å². The average molecular weight is 510 g/mol. The summed E-state index contributed by atoms with van der Waals surface area (Å²) in [6.07, 6.45) is 3.75. The van der Waals surface area contributed by atoms with Crippen molar-refractivity contribution in [2.75, 3.05) is 0 Å².